The lowest BCUT2D eigenvalue weighted by Gasteiger charge is -2.39. The number of methoxy groups -OCH3 is 1. The van der Waals surface area contributed by atoms with E-state index in [-0.39, 0.29) is 5.75 Å². The Hall–Kier alpha value is -2.18. The average Bonchev–Trinajstić information content (AvgIpc) is 3.19. The number of aliphatic hydroxyl groups is 4. The molecule has 0 amide bonds. The number of esters is 1. The number of fused-ring (bicyclic) bond motifs is 1. The normalized spacial score (nSPS) is 25.2. The van der Waals surface area contributed by atoms with Crippen LogP contribution in [0, 0.1) is 0 Å². The van der Waals surface area contributed by atoms with Crippen molar-refractivity contribution in [1.82, 2.24) is 4.57 Å². The van der Waals surface area contributed by atoms with Crippen molar-refractivity contribution in [3.05, 3.63) is 57.7 Å². The lowest BCUT2D eigenvalue weighted by atomic mass is 9.99. The van der Waals surface area contributed by atoms with Crippen LogP contribution in [0.5, 0.6) is 5.75 Å². The number of carbonyl (C=O) groups is 1. The number of halogens is 2. The molecule has 2 aromatic carbocycles. The zero-order chi connectivity index (χ0) is 23.9. The van der Waals surface area contributed by atoms with Gasteiger partial charge in [-0.1, -0.05) is 23.7 Å². The maximum absolute atomic E-state index is 12.3. The largest absolute Gasteiger partial charge is 0.465 e. The maximum atomic E-state index is 12.3. The number of rotatable bonds is 5. The number of hydrogen-bond donors (Lipinski definition) is 4. The fourth-order valence-electron chi connectivity index (χ4n) is 3.77. The summed E-state index contributed by atoms with van der Waals surface area (Å²) < 4.78 is 18.5. The summed E-state index contributed by atoms with van der Waals surface area (Å²) in [6, 6.07) is 10.3. The van der Waals surface area contributed by atoms with Gasteiger partial charge < -0.3 is 39.2 Å². The number of ether oxygens (including phenoxy) is 3. The smallest absolute Gasteiger partial charge is 0.339 e. The first-order valence-electron chi connectivity index (χ1n) is 9.92. The molecule has 1 aliphatic rings. The SMILES string of the molecule is COC(=O)c1ccccc1-n1cc(O[C@@H]2O[C@H](CO)[C@H](O)[C@H](O)[C@H]2O)c2c(Cl)c(Br)ccc21. The predicted molar refractivity (Wildman–Crippen MR) is 122 cm³/mol. The second-order valence-corrected chi connectivity index (χ2v) is 8.68. The van der Waals surface area contributed by atoms with E-state index in [9.17, 15) is 25.2 Å². The molecule has 33 heavy (non-hydrogen) atoms. The van der Waals surface area contributed by atoms with E-state index in [2.05, 4.69) is 15.9 Å². The molecule has 4 N–H and O–H groups in total. The summed E-state index contributed by atoms with van der Waals surface area (Å²) in [4.78, 5) is 12.3. The number of carbonyl (C=O) groups excluding carboxylic acids is 1. The molecule has 5 atom stereocenters. The molecule has 176 valence electrons. The summed E-state index contributed by atoms with van der Waals surface area (Å²) in [5.41, 5.74) is 1.38. The van der Waals surface area contributed by atoms with Gasteiger partial charge in [-0.15, -0.1) is 0 Å². The lowest BCUT2D eigenvalue weighted by molar-refractivity contribution is -0.277. The van der Waals surface area contributed by atoms with Crippen molar-refractivity contribution < 1.29 is 39.4 Å². The van der Waals surface area contributed by atoms with Crippen molar-refractivity contribution in [3.8, 4) is 11.4 Å². The van der Waals surface area contributed by atoms with Crippen LogP contribution in [0.2, 0.25) is 5.02 Å². The minimum absolute atomic E-state index is 0.181. The highest BCUT2D eigenvalue weighted by atomic mass is 79.9. The van der Waals surface area contributed by atoms with Crippen LogP contribution in [0.15, 0.2) is 47.1 Å². The van der Waals surface area contributed by atoms with Gasteiger partial charge in [-0.25, -0.2) is 4.79 Å². The molecule has 3 aromatic rings. The minimum atomic E-state index is -1.60. The van der Waals surface area contributed by atoms with Crippen LogP contribution in [-0.2, 0) is 9.47 Å². The van der Waals surface area contributed by atoms with Crippen molar-refractivity contribution in [2.24, 2.45) is 0 Å². The molecule has 4 rings (SSSR count). The molecule has 0 aliphatic carbocycles. The summed E-state index contributed by atoms with van der Waals surface area (Å²) in [7, 11) is 1.29. The number of hydrogen-bond acceptors (Lipinski definition) is 8. The van der Waals surface area contributed by atoms with E-state index in [0.717, 1.165) is 0 Å². The van der Waals surface area contributed by atoms with Gasteiger partial charge in [0, 0.05) is 4.47 Å². The van der Waals surface area contributed by atoms with E-state index in [4.69, 9.17) is 25.8 Å². The average molecular weight is 543 g/mol. The number of para-hydroxylation sites is 1. The van der Waals surface area contributed by atoms with Crippen LogP contribution in [0.3, 0.4) is 0 Å². The van der Waals surface area contributed by atoms with Crippen LogP contribution in [0.25, 0.3) is 16.6 Å². The Kier molecular flexibility index (Phi) is 6.96. The van der Waals surface area contributed by atoms with Gasteiger partial charge in [0.2, 0.25) is 6.29 Å². The highest BCUT2D eigenvalue weighted by Gasteiger charge is 2.45. The molecule has 2 heterocycles. The fourth-order valence-corrected chi connectivity index (χ4v) is 4.36. The quantitative estimate of drug-likeness (QED) is 0.360. The first kappa shape index (κ1) is 24.0. The van der Waals surface area contributed by atoms with E-state index in [0.29, 0.717) is 31.6 Å². The van der Waals surface area contributed by atoms with Gasteiger partial charge in [-0.3, -0.25) is 0 Å². The molecule has 0 spiro atoms. The van der Waals surface area contributed by atoms with Crippen molar-refractivity contribution in [1.29, 1.82) is 0 Å². The Balaban J connectivity index is 1.84. The molecule has 11 heteroatoms. The van der Waals surface area contributed by atoms with Gasteiger partial charge >= 0.3 is 5.97 Å². The van der Waals surface area contributed by atoms with Crippen molar-refractivity contribution in [2.45, 2.75) is 30.7 Å². The first-order chi connectivity index (χ1) is 15.8. The van der Waals surface area contributed by atoms with Crippen LogP contribution in [0.4, 0.5) is 0 Å². The first-order valence-corrected chi connectivity index (χ1v) is 11.1. The zero-order valence-electron chi connectivity index (χ0n) is 17.3. The van der Waals surface area contributed by atoms with Gasteiger partial charge in [0.1, 0.15) is 30.2 Å². The Labute approximate surface area is 201 Å². The van der Waals surface area contributed by atoms with Gasteiger partial charge in [0.25, 0.3) is 0 Å². The Morgan fingerprint density at radius 2 is 1.88 bits per heavy atom. The summed E-state index contributed by atoms with van der Waals surface area (Å²) in [6.45, 7) is -0.592. The number of nitrogens with zero attached hydrogens (tertiary/aromatic N) is 1. The second-order valence-electron chi connectivity index (χ2n) is 7.44. The molecular formula is C22H21BrClNO8. The van der Waals surface area contributed by atoms with Crippen LogP contribution >= 0.6 is 27.5 Å². The standard InChI is InChI=1S/C22H21BrClNO8/c1-31-21(30)10-4-2-3-5-12(10)25-8-14(16-13(25)7-6-11(23)17(16)24)32-22-20(29)19(28)18(27)15(9-26)33-22/h2-8,15,18-20,22,26-29H,9H2,1H3/t15-,18+,19+,20-,22-/m1/s1. The van der Waals surface area contributed by atoms with Gasteiger partial charge in [-0.05, 0) is 40.2 Å². The summed E-state index contributed by atoms with van der Waals surface area (Å²) in [6.07, 6.45) is -5.71. The van der Waals surface area contributed by atoms with Crippen LogP contribution < -0.4 is 4.74 Å². The fraction of sp³-hybridized carbons (Fsp3) is 0.318. The monoisotopic (exact) mass is 541 g/mol. The van der Waals surface area contributed by atoms with E-state index in [1.807, 2.05) is 0 Å². The number of benzene rings is 2. The lowest BCUT2D eigenvalue weighted by Crippen LogP contribution is -2.60. The molecule has 0 bridgehead atoms. The van der Waals surface area contributed by atoms with Crippen LogP contribution in [-0.4, -0.2) is 75.4 Å². The Morgan fingerprint density at radius 1 is 1.15 bits per heavy atom. The van der Waals surface area contributed by atoms with E-state index in [1.165, 1.54) is 7.11 Å². The molecule has 1 fully saturated rings. The second kappa shape index (κ2) is 9.59. The highest BCUT2D eigenvalue weighted by molar-refractivity contribution is 9.10. The predicted octanol–water partition coefficient (Wildman–Crippen LogP) is 2.01. The van der Waals surface area contributed by atoms with Gasteiger partial charge in [0.15, 0.2) is 0 Å². The third-order valence-corrected chi connectivity index (χ3v) is 6.77. The minimum Gasteiger partial charge on any atom is -0.465 e. The molecule has 0 unspecified atom stereocenters. The molecule has 1 aliphatic heterocycles. The summed E-state index contributed by atoms with van der Waals surface area (Å²) in [5, 5.41) is 40.7. The van der Waals surface area contributed by atoms with Gasteiger partial charge in [0.05, 0.1) is 47.1 Å². The van der Waals surface area contributed by atoms with Crippen molar-refractivity contribution in [3.63, 3.8) is 0 Å². The number of aromatic nitrogens is 1. The van der Waals surface area contributed by atoms with Crippen LogP contribution in [0.1, 0.15) is 10.4 Å². The molecule has 0 radical (unpaired) electrons. The maximum Gasteiger partial charge on any atom is 0.339 e. The summed E-state index contributed by atoms with van der Waals surface area (Å²) >= 11 is 9.94. The molecule has 1 aromatic heterocycles. The molecule has 9 nitrogen and oxygen atoms in total. The third-order valence-electron chi connectivity index (χ3n) is 5.49. The topological polar surface area (TPSA) is 131 Å². The van der Waals surface area contributed by atoms with Crippen molar-refractivity contribution >= 4 is 44.4 Å². The summed E-state index contributed by atoms with van der Waals surface area (Å²) in [5.74, 6) is -0.354. The van der Waals surface area contributed by atoms with E-state index < -0.39 is 43.3 Å². The zero-order valence-corrected chi connectivity index (χ0v) is 19.6. The Bertz CT molecular complexity index is 1180. The van der Waals surface area contributed by atoms with Gasteiger partial charge in [-0.2, -0.15) is 0 Å². The molecule has 1 saturated heterocycles. The van der Waals surface area contributed by atoms with E-state index >= 15 is 0 Å². The number of aliphatic hydroxyl groups excluding tert-OH is 4. The highest BCUT2D eigenvalue weighted by Crippen LogP contribution is 2.41. The molecular weight excluding hydrogens is 522 g/mol. The third kappa shape index (κ3) is 4.24. The Morgan fingerprint density at radius 3 is 2.58 bits per heavy atom. The van der Waals surface area contributed by atoms with E-state index in [1.54, 1.807) is 47.2 Å². The van der Waals surface area contributed by atoms with Crippen molar-refractivity contribution in [2.75, 3.05) is 13.7 Å². The molecule has 0 saturated carbocycles.